The highest BCUT2D eigenvalue weighted by molar-refractivity contribution is 4.80. The molecule has 0 saturated heterocycles. The number of rotatable bonds is 11. The summed E-state index contributed by atoms with van der Waals surface area (Å²) in [5.41, 5.74) is 0. The molecule has 1 aliphatic rings. The van der Waals surface area contributed by atoms with Crippen molar-refractivity contribution in [3.8, 4) is 0 Å². The summed E-state index contributed by atoms with van der Waals surface area (Å²) in [6, 6.07) is 0.857. The van der Waals surface area contributed by atoms with Crippen molar-refractivity contribution in [2.45, 2.75) is 45.6 Å². The van der Waals surface area contributed by atoms with E-state index in [-0.39, 0.29) is 0 Å². The Bertz CT molecular complexity index is 181. The molecule has 0 aromatic carbocycles. The lowest BCUT2D eigenvalue weighted by molar-refractivity contribution is 0.139. The minimum atomic E-state index is 0.747. The number of nitrogens with one attached hydrogen (secondary N) is 1. The van der Waals surface area contributed by atoms with Gasteiger partial charge in [0.15, 0.2) is 0 Å². The van der Waals surface area contributed by atoms with Crippen molar-refractivity contribution in [1.82, 2.24) is 10.2 Å². The van der Waals surface area contributed by atoms with Crippen LogP contribution in [0, 0.1) is 5.92 Å². The van der Waals surface area contributed by atoms with Gasteiger partial charge in [-0.05, 0) is 44.7 Å². The second-order valence-corrected chi connectivity index (χ2v) is 5.62. The fourth-order valence-electron chi connectivity index (χ4n) is 2.09. The molecule has 0 aromatic rings. The van der Waals surface area contributed by atoms with E-state index in [0.717, 1.165) is 25.1 Å². The molecular weight excluding hydrogens is 212 g/mol. The van der Waals surface area contributed by atoms with E-state index in [9.17, 15) is 0 Å². The molecule has 3 heteroatoms. The topological polar surface area (TPSA) is 24.5 Å². The van der Waals surface area contributed by atoms with E-state index >= 15 is 0 Å². The maximum atomic E-state index is 5.17. The standard InChI is InChI=1S/C14H30N2O/c1-13(2)12-16(10-11-17-3)9-5-4-8-15-14-6-7-14/h13-15H,4-12H2,1-3H3. The molecule has 17 heavy (non-hydrogen) atoms. The normalized spacial score (nSPS) is 16.1. The molecule has 102 valence electrons. The van der Waals surface area contributed by atoms with Crippen LogP contribution in [-0.4, -0.2) is 50.8 Å². The zero-order chi connectivity index (χ0) is 12.5. The van der Waals surface area contributed by atoms with E-state index in [1.165, 1.54) is 45.3 Å². The predicted octanol–water partition coefficient (Wildman–Crippen LogP) is 2.12. The summed E-state index contributed by atoms with van der Waals surface area (Å²) in [6.45, 7) is 10.1. The third kappa shape index (κ3) is 8.58. The molecule has 1 aliphatic carbocycles. The van der Waals surface area contributed by atoms with Gasteiger partial charge in [0.1, 0.15) is 0 Å². The molecule has 0 aliphatic heterocycles. The molecule has 0 bridgehead atoms. The number of ether oxygens (including phenoxy) is 1. The molecule has 1 rings (SSSR count). The first-order chi connectivity index (χ1) is 8.22. The van der Waals surface area contributed by atoms with E-state index in [1.807, 2.05) is 0 Å². The Kier molecular flexibility index (Phi) is 7.82. The maximum absolute atomic E-state index is 5.17. The highest BCUT2D eigenvalue weighted by Crippen LogP contribution is 2.18. The molecule has 0 amide bonds. The van der Waals surface area contributed by atoms with Crippen LogP contribution in [0.2, 0.25) is 0 Å². The number of methoxy groups -OCH3 is 1. The molecule has 0 aromatic heterocycles. The Hall–Kier alpha value is -0.120. The number of nitrogens with zero attached hydrogens (tertiary/aromatic N) is 1. The van der Waals surface area contributed by atoms with E-state index in [2.05, 4.69) is 24.1 Å². The highest BCUT2D eigenvalue weighted by Gasteiger charge is 2.19. The van der Waals surface area contributed by atoms with Crippen molar-refractivity contribution in [2.24, 2.45) is 5.92 Å². The van der Waals surface area contributed by atoms with Crippen LogP contribution < -0.4 is 5.32 Å². The van der Waals surface area contributed by atoms with Gasteiger partial charge in [-0.15, -0.1) is 0 Å². The summed E-state index contributed by atoms with van der Waals surface area (Å²) < 4.78 is 5.17. The SMILES string of the molecule is COCCN(CCCCNC1CC1)CC(C)C. The van der Waals surface area contributed by atoms with Crippen LogP contribution in [0.3, 0.4) is 0 Å². The van der Waals surface area contributed by atoms with Crippen molar-refractivity contribution >= 4 is 0 Å². The van der Waals surface area contributed by atoms with Crippen LogP contribution >= 0.6 is 0 Å². The number of unbranched alkanes of at least 4 members (excludes halogenated alkanes) is 1. The largest absolute Gasteiger partial charge is 0.383 e. The van der Waals surface area contributed by atoms with Crippen LogP contribution in [0.5, 0.6) is 0 Å². The summed E-state index contributed by atoms with van der Waals surface area (Å²) in [4.78, 5) is 2.53. The molecule has 1 fully saturated rings. The fourth-order valence-corrected chi connectivity index (χ4v) is 2.09. The van der Waals surface area contributed by atoms with Crippen LogP contribution in [0.1, 0.15) is 39.5 Å². The van der Waals surface area contributed by atoms with E-state index in [1.54, 1.807) is 7.11 Å². The first-order valence-electron chi connectivity index (χ1n) is 7.17. The average Bonchev–Trinajstić information content (AvgIpc) is 3.08. The molecular formula is C14H30N2O. The minimum Gasteiger partial charge on any atom is -0.383 e. The molecule has 0 unspecified atom stereocenters. The highest BCUT2D eigenvalue weighted by atomic mass is 16.5. The van der Waals surface area contributed by atoms with Crippen LogP contribution in [-0.2, 0) is 4.74 Å². The molecule has 0 radical (unpaired) electrons. The average molecular weight is 242 g/mol. The summed E-state index contributed by atoms with van der Waals surface area (Å²) in [7, 11) is 1.78. The van der Waals surface area contributed by atoms with Crippen LogP contribution in [0.4, 0.5) is 0 Å². The quantitative estimate of drug-likeness (QED) is 0.562. The second kappa shape index (κ2) is 8.90. The lowest BCUT2D eigenvalue weighted by atomic mass is 10.2. The van der Waals surface area contributed by atoms with E-state index < -0.39 is 0 Å². The van der Waals surface area contributed by atoms with Gasteiger partial charge < -0.3 is 15.0 Å². The summed E-state index contributed by atoms with van der Waals surface area (Å²) in [6.07, 6.45) is 5.40. The third-order valence-electron chi connectivity index (χ3n) is 3.15. The zero-order valence-corrected chi connectivity index (χ0v) is 11.9. The molecule has 0 atom stereocenters. The minimum absolute atomic E-state index is 0.747. The van der Waals surface area contributed by atoms with Gasteiger partial charge in [0, 0.05) is 26.2 Å². The van der Waals surface area contributed by atoms with Crippen molar-refractivity contribution in [1.29, 1.82) is 0 Å². The lowest BCUT2D eigenvalue weighted by Crippen LogP contribution is -2.32. The Labute approximate surface area is 107 Å². The van der Waals surface area contributed by atoms with Gasteiger partial charge in [-0.3, -0.25) is 0 Å². The second-order valence-electron chi connectivity index (χ2n) is 5.62. The Morgan fingerprint density at radius 2 is 2.00 bits per heavy atom. The molecule has 0 heterocycles. The van der Waals surface area contributed by atoms with Gasteiger partial charge in [-0.2, -0.15) is 0 Å². The number of hydrogen-bond donors (Lipinski definition) is 1. The first-order valence-corrected chi connectivity index (χ1v) is 7.17. The Morgan fingerprint density at radius 1 is 1.24 bits per heavy atom. The van der Waals surface area contributed by atoms with Gasteiger partial charge in [-0.1, -0.05) is 13.8 Å². The van der Waals surface area contributed by atoms with Crippen molar-refractivity contribution in [3.05, 3.63) is 0 Å². The van der Waals surface area contributed by atoms with E-state index in [0.29, 0.717) is 0 Å². The molecule has 1 saturated carbocycles. The smallest absolute Gasteiger partial charge is 0.0589 e. The Balaban J connectivity index is 1.99. The van der Waals surface area contributed by atoms with Crippen LogP contribution in [0.25, 0.3) is 0 Å². The monoisotopic (exact) mass is 242 g/mol. The maximum Gasteiger partial charge on any atom is 0.0589 e. The predicted molar refractivity (Wildman–Crippen MR) is 73.4 cm³/mol. The van der Waals surface area contributed by atoms with Gasteiger partial charge in [0.25, 0.3) is 0 Å². The van der Waals surface area contributed by atoms with Gasteiger partial charge in [-0.25, -0.2) is 0 Å². The van der Waals surface area contributed by atoms with Gasteiger partial charge >= 0.3 is 0 Å². The summed E-state index contributed by atoms with van der Waals surface area (Å²) in [5, 5.41) is 3.57. The van der Waals surface area contributed by atoms with Crippen molar-refractivity contribution < 1.29 is 4.74 Å². The molecule has 3 nitrogen and oxygen atoms in total. The third-order valence-corrected chi connectivity index (χ3v) is 3.15. The van der Waals surface area contributed by atoms with Gasteiger partial charge in [0.05, 0.1) is 6.61 Å². The van der Waals surface area contributed by atoms with Crippen molar-refractivity contribution in [2.75, 3.05) is 39.9 Å². The molecule has 0 spiro atoms. The Morgan fingerprint density at radius 3 is 2.59 bits per heavy atom. The summed E-state index contributed by atoms with van der Waals surface area (Å²) in [5.74, 6) is 0.747. The molecule has 1 N–H and O–H groups in total. The zero-order valence-electron chi connectivity index (χ0n) is 11.9. The van der Waals surface area contributed by atoms with Gasteiger partial charge in [0.2, 0.25) is 0 Å². The first kappa shape index (κ1) is 14.9. The lowest BCUT2D eigenvalue weighted by Gasteiger charge is -2.23. The van der Waals surface area contributed by atoms with Crippen LogP contribution in [0.15, 0.2) is 0 Å². The summed E-state index contributed by atoms with van der Waals surface area (Å²) >= 11 is 0. The number of hydrogen-bond acceptors (Lipinski definition) is 3. The van der Waals surface area contributed by atoms with E-state index in [4.69, 9.17) is 4.74 Å². The van der Waals surface area contributed by atoms with Crippen molar-refractivity contribution in [3.63, 3.8) is 0 Å². The fraction of sp³-hybridized carbons (Fsp3) is 1.00.